The Morgan fingerprint density at radius 2 is 1.96 bits per heavy atom. The van der Waals surface area contributed by atoms with Crippen LogP contribution in [0.4, 0.5) is 0 Å². The molecule has 8 nitrogen and oxygen atoms in total. The fraction of sp³-hybridized carbons (Fsp3) is 0.353. The number of H-pyrrole nitrogens is 2. The highest BCUT2D eigenvalue weighted by atomic mass is 16.4. The van der Waals surface area contributed by atoms with E-state index in [9.17, 15) is 9.90 Å². The van der Waals surface area contributed by atoms with Crippen LogP contribution in [0.25, 0.3) is 11.1 Å². The molecular weight excluding hydrogens is 320 g/mol. The molecule has 2 heterocycles. The summed E-state index contributed by atoms with van der Waals surface area (Å²) in [5.74, 6) is -1.41. The highest BCUT2D eigenvalue weighted by Crippen LogP contribution is 2.32. The molecule has 25 heavy (non-hydrogen) atoms. The van der Waals surface area contributed by atoms with Gasteiger partial charge in [0.15, 0.2) is 5.82 Å². The minimum Gasteiger partial charge on any atom is -0.481 e. The second kappa shape index (κ2) is 7.25. The van der Waals surface area contributed by atoms with Gasteiger partial charge >= 0.3 is 5.97 Å². The van der Waals surface area contributed by atoms with Crippen molar-refractivity contribution in [3.8, 4) is 11.1 Å². The number of carboxylic acids is 1. The van der Waals surface area contributed by atoms with Crippen LogP contribution in [0.5, 0.6) is 0 Å². The molecule has 0 bridgehead atoms. The van der Waals surface area contributed by atoms with E-state index >= 15 is 0 Å². The van der Waals surface area contributed by atoms with Crippen LogP contribution in [0.1, 0.15) is 31.2 Å². The summed E-state index contributed by atoms with van der Waals surface area (Å²) in [5, 5.41) is 30.5. The lowest BCUT2D eigenvalue weighted by atomic mass is 9.79. The molecule has 0 saturated carbocycles. The van der Waals surface area contributed by atoms with Gasteiger partial charge in [-0.3, -0.25) is 9.89 Å². The number of aliphatic carboxylic acids is 1. The topological polar surface area (TPSA) is 120 Å². The summed E-state index contributed by atoms with van der Waals surface area (Å²) in [5.41, 5.74) is 3.08. The van der Waals surface area contributed by atoms with Gasteiger partial charge in [0, 0.05) is 17.7 Å². The van der Waals surface area contributed by atoms with Gasteiger partial charge in [-0.15, -0.1) is 10.2 Å². The maximum absolute atomic E-state index is 11.8. The zero-order chi connectivity index (χ0) is 17.8. The molecule has 130 valence electrons. The number of nitrogens with one attached hydrogen (secondary N) is 2. The molecule has 2 atom stereocenters. The lowest BCUT2D eigenvalue weighted by Crippen LogP contribution is -2.29. The molecule has 3 rings (SSSR count). The van der Waals surface area contributed by atoms with Crippen LogP contribution in [-0.4, -0.2) is 41.9 Å². The van der Waals surface area contributed by atoms with Crippen LogP contribution < -0.4 is 0 Å². The Labute approximate surface area is 144 Å². The zero-order valence-corrected chi connectivity index (χ0v) is 14.0. The number of hydrogen-bond donors (Lipinski definition) is 3. The molecule has 1 aromatic carbocycles. The number of nitrogens with zero attached hydrogens (tertiary/aromatic N) is 4. The Morgan fingerprint density at radius 1 is 1.20 bits per heavy atom. The van der Waals surface area contributed by atoms with Crippen LogP contribution in [0, 0.1) is 11.8 Å². The number of benzene rings is 1. The van der Waals surface area contributed by atoms with Crippen molar-refractivity contribution in [3.05, 3.63) is 48.0 Å². The Balaban J connectivity index is 1.86. The van der Waals surface area contributed by atoms with E-state index in [0.717, 1.165) is 16.7 Å². The molecule has 0 saturated heterocycles. The number of aromatic nitrogens is 6. The number of tetrazole rings is 1. The largest absolute Gasteiger partial charge is 0.481 e. The second-order valence-electron chi connectivity index (χ2n) is 6.37. The maximum atomic E-state index is 11.8. The van der Waals surface area contributed by atoms with E-state index < -0.39 is 11.9 Å². The number of hydrogen-bond acceptors (Lipinski definition) is 5. The normalized spacial score (nSPS) is 13.7. The van der Waals surface area contributed by atoms with Gasteiger partial charge in [-0.05, 0) is 23.5 Å². The van der Waals surface area contributed by atoms with E-state index in [1.54, 1.807) is 6.20 Å². The standard InChI is InChI=1S/C17H20N6O2/c1-10(2)15(17(24)25)14(16-20-22-23-21-16)7-11-3-5-12(6-4-11)13-8-18-19-9-13/h3-6,8-10,14-15H,7H2,1-2H3,(H,18,19)(H,24,25)(H,20,21,22,23)/t14-,15?/m0/s1. The summed E-state index contributed by atoms with van der Waals surface area (Å²) in [6.45, 7) is 3.79. The van der Waals surface area contributed by atoms with Gasteiger partial charge in [0.05, 0.1) is 12.1 Å². The Hall–Kier alpha value is -3.03. The van der Waals surface area contributed by atoms with E-state index in [1.807, 2.05) is 44.3 Å². The summed E-state index contributed by atoms with van der Waals surface area (Å²) >= 11 is 0. The Kier molecular flexibility index (Phi) is 4.87. The number of carbonyl (C=O) groups is 1. The summed E-state index contributed by atoms with van der Waals surface area (Å²) in [7, 11) is 0. The minimum absolute atomic E-state index is 0.0498. The molecule has 0 radical (unpaired) electrons. The van der Waals surface area contributed by atoms with Gasteiger partial charge in [-0.2, -0.15) is 10.3 Å². The number of carboxylic acid groups (broad SMARTS) is 1. The van der Waals surface area contributed by atoms with Gasteiger partial charge in [0.2, 0.25) is 0 Å². The van der Waals surface area contributed by atoms with Crippen molar-refractivity contribution in [2.45, 2.75) is 26.2 Å². The molecule has 0 aliphatic heterocycles. The van der Waals surface area contributed by atoms with Crippen LogP contribution in [0.3, 0.4) is 0 Å². The second-order valence-corrected chi connectivity index (χ2v) is 6.37. The summed E-state index contributed by atoms with van der Waals surface area (Å²) in [4.78, 5) is 11.8. The molecule has 3 aromatic rings. The van der Waals surface area contributed by atoms with Gasteiger partial charge < -0.3 is 5.11 Å². The monoisotopic (exact) mass is 340 g/mol. The molecular formula is C17H20N6O2. The van der Waals surface area contributed by atoms with Crippen molar-refractivity contribution in [1.82, 2.24) is 30.8 Å². The third-order valence-corrected chi connectivity index (χ3v) is 4.37. The first kappa shape index (κ1) is 16.8. The highest BCUT2D eigenvalue weighted by molar-refractivity contribution is 5.71. The minimum atomic E-state index is -0.847. The third-order valence-electron chi connectivity index (χ3n) is 4.37. The van der Waals surface area contributed by atoms with E-state index in [0.29, 0.717) is 12.2 Å². The van der Waals surface area contributed by atoms with Crippen molar-refractivity contribution in [2.75, 3.05) is 0 Å². The quantitative estimate of drug-likeness (QED) is 0.607. The Bertz CT molecular complexity index is 796. The van der Waals surface area contributed by atoms with Crippen molar-refractivity contribution in [2.24, 2.45) is 11.8 Å². The average Bonchev–Trinajstić information content (AvgIpc) is 3.28. The summed E-state index contributed by atoms with van der Waals surface area (Å²) in [6.07, 6.45) is 4.12. The van der Waals surface area contributed by atoms with E-state index in [4.69, 9.17) is 0 Å². The first-order valence-electron chi connectivity index (χ1n) is 8.10. The first-order chi connectivity index (χ1) is 12.1. The molecule has 0 aliphatic rings. The summed E-state index contributed by atoms with van der Waals surface area (Å²) < 4.78 is 0. The van der Waals surface area contributed by atoms with Crippen molar-refractivity contribution >= 4 is 5.97 Å². The molecule has 2 aromatic heterocycles. The van der Waals surface area contributed by atoms with Crippen molar-refractivity contribution in [3.63, 3.8) is 0 Å². The maximum Gasteiger partial charge on any atom is 0.307 e. The number of rotatable bonds is 7. The SMILES string of the molecule is CC(C)C(C(=O)O)[C@H](Cc1ccc(-c2cn[nH]c2)cc1)c1nn[nH]n1. The number of aromatic amines is 2. The fourth-order valence-corrected chi connectivity index (χ4v) is 3.12. The first-order valence-corrected chi connectivity index (χ1v) is 8.10. The third kappa shape index (κ3) is 3.73. The van der Waals surface area contributed by atoms with Gasteiger partial charge in [0.1, 0.15) is 0 Å². The van der Waals surface area contributed by atoms with E-state index in [2.05, 4.69) is 30.8 Å². The lowest BCUT2D eigenvalue weighted by molar-refractivity contribution is -0.144. The molecule has 0 fully saturated rings. The molecule has 1 unspecified atom stereocenters. The fourth-order valence-electron chi connectivity index (χ4n) is 3.12. The van der Waals surface area contributed by atoms with Gasteiger partial charge in [-0.1, -0.05) is 43.3 Å². The van der Waals surface area contributed by atoms with Crippen molar-refractivity contribution < 1.29 is 9.90 Å². The molecule has 0 spiro atoms. The van der Waals surface area contributed by atoms with Gasteiger partial charge in [-0.25, -0.2) is 0 Å². The molecule has 8 heteroatoms. The highest BCUT2D eigenvalue weighted by Gasteiger charge is 2.34. The van der Waals surface area contributed by atoms with Crippen LogP contribution in [0.2, 0.25) is 0 Å². The Morgan fingerprint density at radius 3 is 2.48 bits per heavy atom. The average molecular weight is 340 g/mol. The predicted octanol–water partition coefficient (Wildman–Crippen LogP) is 2.27. The molecule has 0 aliphatic carbocycles. The van der Waals surface area contributed by atoms with E-state index in [-0.39, 0.29) is 11.8 Å². The van der Waals surface area contributed by atoms with Crippen LogP contribution in [-0.2, 0) is 11.2 Å². The lowest BCUT2D eigenvalue weighted by Gasteiger charge is -2.24. The van der Waals surface area contributed by atoms with Crippen LogP contribution in [0.15, 0.2) is 36.7 Å². The zero-order valence-electron chi connectivity index (χ0n) is 14.0. The molecule has 0 amide bonds. The predicted molar refractivity (Wildman–Crippen MR) is 90.6 cm³/mol. The smallest absolute Gasteiger partial charge is 0.307 e. The van der Waals surface area contributed by atoms with Gasteiger partial charge in [0.25, 0.3) is 0 Å². The van der Waals surface area contributed by atoms with Crippen LogP contribution >= 0.6 is 0 Å². The van der Waals surface area contributed by atoms with Crippen molar-refractivity contribution in [1.29, 1.82) is 0 Å². The molecule has 3 N–H and O–H groups in total. The van der Waals surface area contributed by atoms with E-state index in [1.165, 1.54) is 0 Å². The summed E-state index contributed by atoms with van der Waals surface area (Å²) in [6, 6.07) is 7.99.